The van der Waals surface area contributed by atoms with E-state index in [1.807, 2.05) is 24.3 Å². The molecule has 1 saturated heterocycles. The van der Waals surface area contributed by atoms with Gasteiger partial charge in [-0.05, 0) is 17.7 Å². The van der Waals surface area contributed by atoms with Crippen LogP contribution >= 0.6 is 15.9 Å². The van der Waals surface area contributed by atoms with Gasteiger partial charge in [0.1, 0.15) is 12.1 Å². The van der Waals surface area contributed by atoms with Crippen molar-refractivity contribution in [2.45, 2.75) is 18.4 Å². The normalized spacial score (nSPS) is 21.9. The van der Waals surface area contributed by atoms with E-state index < -0.39 is 10.5 Å². The molecule has 6 nitrogen and oxygen atoms in total. The fraction of sp³-hybridized carbons (Fsp3) is 0.316. The molecule has 0 aliphatic carbocycles. The summed E-state index contributed by atoms with van der Waals surface area (Å²) in [6, 6.07) is 13.5. The van der Waals surface area contributed by atoms with E-state index in [1.165, 1.54) is 18.2 Å². The molecule has 2 N–H and O–H groups in total. The molecule has 2 aromatic carbocycles. The standard InChI is InChI=1S/C19H19BrN2O4.BrH/c20-16-6-4-15(5-7-16)19(24)8-10-21(11-9-19)13-18(23)14-2-1-3-17(12-14)22(25)26;/h1-7,12,24H,8-11,13H2;1H. The zero-order valence-electron chi connectivity index (χ0n) is 14.5. The van der Waals surface area contributed by atoms with Gasteiger partial charge in [-0.3, -0.25) is 14.9 Å². The number of hydrogen-bond donors (Lipinski definition) is 2. The van der Waals surface area contributed by atoms with Gasteiger partial charge in [0.25, 0.3) is 5.69 Å². The molecule has 0 aromatic heterocycles. The molecule has 0 radical (unpaired) electrons. The number of likely N-dealkylation sites (tertiary alicyclic amines) is 1. The van der Waals surface area contributed by atoms with Crippen molar-refractivity contribution in [1.82, 2.24) is 0 Å². The van der Waals surface area contributed by atoms with Crippen molar-refractivity contribution in [3.8, 4) is 0 Å². The van der Waals surface area contributed by atoms with Crippen molar-refractivity contribution in [1.29, 1.82) is 0 Å². The number of benzene rings is 2. The van der Waals surface area contributed by atoms with Crippen LogP contribution in [-0.4, -0.2) is 35.4 Å². The number of Topliss-reactive ketones (excluding diaryl/α,β-unsaturated/α-hetero) is 1. The van der Waals surface area contributed by atoms with Gasteiger partial charge in [-0.2, -0.15) is 0 Å². The van der Waals surface area contributed by atoms with Gasteiger partial charge in [-0.15, -0.1) is 0 Å². The number of ketones is 1. The van der Waals surface area contributed by atoms with Gasteiger partial charge in [0, 0.05) is 35.0 Å². The number of aliphatic hydroxyl groups is 1. The number of carbonyl (C=O) groups is 1. The second-order valence-electron chi connectivity index (χ2n) is 6.70. The average molecular weight is 500 g/mol. The molecule has 1 aliphatic heterocycles. The third-order valence-corrected chi connectivity index (χ3v) is 5.48. The molecule has 0 amide bonds. The van der Waals surface area contributed by atoms with Gasteiger partial charge >= 0.3 is 0 Å². The molecular formula is C19H20Br2N2O4. The summed E-state index contributed by atoms with van der Waals surface area (Å²) in [6.07, 6.45) is 1.15. The first-order valence-corrected chi connectivity index (χ1v) is 9.26. The lowest BCUT2D eigenvalue weighted by molar-refractivity contribution is -0.899. The first kappa shape index (κ1) is 21.7. The molecule has 2 aromatic rings. The van der Waals surface area contributed by atoms with Crippen molar-refractivity contribution >= 4 is 27.4 Å². The van der Waals surface area contributed by atoms with Gasteiger partial charge in [0.2, 0.25) is 5.78 Å². The molecule has 0 saturated carbocycles. The number of nitrogens with one attached hydrogen (secondary N) is 1. The molecule has 3 rings (SSSR count). The van der Waals surface area contributed by atoms with Crippen LogP contribution in [0.5, 0.6) is 0 Å². The van der Waals surface area contributed by atoms with Crippen LogP contribution in [0.15, 0.2) is 53.0 Å². The average Bonchev–Trinajstić information content (AvgIpc) is 2.64. The molecule has 144 valence electrons. The Morgan fingerprint density at radius 2 is 1.81 bits per heavy atom. The maximum Gasteiger partial charge on any atom is 0.270 e. The fourth-order valence-corrected chi connectivity index (χ4v) is 3.63. The maximum absolute atomic E-state index is 12.4. The molecule has 1 aliphatic rings. The van der Waals surface area contributed by atoms with Crippen LogP contribution in [0.4, 0.5) is 5.69 Å². The number of quaternary nitrogens is 1. The van der Waals surface area contributed by atoms with Crippen LogP contribution in [0.2, 0.25) is 0 Å². The topological polar surface area (TPSA) is 84.9 Å². The zero-order valence-corrected chi connectivity index (χ0v) is 17.7. The smallest absolute Gasteiger partial charge is 0.270 e. The van der Waals surface area contributed by atoms with Crippen molar-refractivity contribution in [2.75, 3.05) is 19.6 Å². The fourth-order valence-electron chi connectivity index (χ4n) is 3.36. The Morgan fingerprint density at radius 3 is 2.41 bits per heavy atom. The van der Waals surface area contributed by atoms with Crippen LogP contribution in [0, 0.1) is 10.1 Å². The van der Waals surface area contributed by atoms with Crippen molar-refractivity contribution < 1.29 is 36.7 Å². The van der Waals surface area contributed by atoms with Crippen molar-refractivity contribution in [3.63, 3.8) is 0 Å². The summed E-state index contributed by atoms with van der Waals surface area (Å²) in [5, 5.41) is 21.8. The predicted molar refractivity (Wildman–Crippen MR) is 100 cm³/mol. The zero-order chi connectivity index (χ0) is 18.7. The number of nitro benzene ring substituents is 1. The quantitative estimate of drug-likeness (QED) is 0.317. The highest BCUT2D eigenvalue weighted by Crippen LogP contribution is 2.30. The lowest BCUT2D eigenvalue weighted by Crippen LogP contribution is -3.14. The third kappa shape index (κ3) is 5.22. The number of carbonyl (C=O) groups excluding carboxylic acids is 1. The molecule has 1 fully saturated rings. The minimum absolute atomic E-state index is 0. The molecular weight excluding hydrogens is 480 g/mol. The van der Waals surface area contributed by atoms with Crippen LogP contribution in [0.3, 0.4) is 0 Å². The minimum atomic E-state index is -0.862. The Kier molecular flexibility index (Phi) is 7.27. The van der Waals surface area contributed by atoms with E-state index in [9.17, 15) is 20.0 Å². The lowest BCUT2D eigenvalue weighted by Gasteiger charge is -2.36. The van der Waals surface area contributed by atoms with E-state index >= 15 is 0 Å². The number of piperidine rings is 1. The van der Waals surface area contributed by atoms with Crippen LogP contribution in [-0.2, 0) is 5.60 Å². The molecule has 0 bridgehead atoms. The Balaban J connectivity index is 0.00000261. The monoisotopic (exact) mass is 498 g/mol. The maximum atomic E-state index is 12.4. The summed E-state index contributed by atoms with van der Waals surface area (Å²) in [5.74, 6) is -0.113. The van der Waals surface area contributed by atoms with E-state index in [1.54, 1.807) is 6.07 Å². The summed E-state index contributed by atoms with van der Waals surface area (Å²) in [6.45, 7) is 1.62. The third-order valence-electron chi connectivity index (χ3n) is 4.96. The summed E-state index contributed by atoms with van der Waals surface area (Å²) < 4.78 is 0.968. The Bertz CT molecular complexity index is 819. The molecule has 27 heavy (non-hydrogen) atoms. The van der Waals surface area contributed by atoms with E-state index in [0.29, 0.717) is 31.5 Å². The first-order chi connectivity index (χ1) is 12.4. The summed E-state index contributed by atoms with van der Waals surface area (Å²) in [4.78, 5) is 23.9. The van der Waals surface area contributed by atoms with Gasteiger partial charge in [-0.25, -0.2) is 0 Å². The Hall–Kier alpha value is -1.61. The number of rotatable bonds is 5. The molecule has 0 atom stereocenters. The van der Waals surface area contributed by atoms with Crippen LogP contribution < -0.4 is 21.9 Å². The number of hydrogen-bond acceptors (Lipinski definition) is 4. The second-order valence-corrected chi connectivity index (χ2v) is 7.61. The van der Waals surface area contributed by atoms with Crippen LogP contribution in [0.1, 0.15) is 28.8 Å². The molecule has 8 heteroatoms. The number of non-ortho nitro benzene ring substituents is 1. The predicted octanol–water partition coefficient (Wildman–Crippen LogP) is -0.889. The van der Waals surface area contributed by atoms with Gasteiger partial charge < -0.3 is 27.0 Å². The van der Waals surface area contributed by atoms with Crippen LogP contribution in [0.25, 0.3) is 0 Å². The van der Waals surface area contributed by atoms with E-state index in [-0.39, 0.29) is 35.0 Å². The Labute approximate surface area is 176 Å². The minimum Gasteiger partial charge on any atom is -1.00 e. The summed E-state index contributed by atoms with van der Waals surface area (Å²) >= 11 is 3.39. The van der Waals surface area contributed by atoms with Crippen molar-refractivity contribution in [3.05, 3.63) is 74.2 Å². The second kappa shape index (κ2) is 9.05. The summed E-state index contributed by atoms with van der Waals surface area (Å²) in [5.41, 5.74) is 0.318. The van der Waals surface area contributed by atoms with Gasteiger partial charge in [0.15, 0.2) is 0 Å². The van der Waals surface area contributed by atoms with Crippen molar-refractivity contribution in [2.24, 2.45) is 0 Å². The number of nitrogens with zero attached hydrogens (tertiary/aromatic N) is 1. The lowest BCUT2D eigenvalue weighted by atomic mass is 9.84. The van der Waals surface area contributed by atoms with E-state index in [4.69, 9.17) is 0 Å². The Morgan fingerprint density at radius 1 is 1.19 bits per heavy atom. The van der Waals surface area contributed by atoms with E-state index in [2.05, 4.69) is 15.9 Å². The highest BCUT2D eigenvalue weighted by Gasteiger charge is 2.36. The highest BCUT2D eigenvalue weighted by molar-refractivity contribution is 9.10. The van der Waals surface area contributed by atoms with Gasteiger partial charge in [-0.1, -0.05) is 40.2 Å². The largest absolute Gasteiger partial charge is 1.00 e. The molecule has 0 unspecified atom stereocenters. The number of halogens is 2. The number of nitro groups is 1. The first-order valence-electron chi connectivity index (χ1n) is 8.47. The molecule has 1 heterocycles. The van der Waals surface area contributed by atoms with E-state index in [0.717, 1.165) is 14.9 Å². The van der Waals surface area contributed by atoms with Gasteiger partial charge in [0.05, 0.1) is 18.0 Å². The highest BCUT2D eigenvalue weighted by atomic mass is 79.9. The summed E-state index contributed by atoms with van der Waals surface area (Å²) in [7, 11) is 0. The molecule has 0 spiro atoms. The SMILES string of the molecule is O=C(C[NH+]1CCC(O)(c2ccc(Br)cc2)CC1)c1cccc([N+](=O)[O-])c1.[Br-].